The van der Waals surface area contributed by atoms with Gasteiger partial charge >= 0.3 is 0 Å². The average Bonchev–Trinajstić information content (AvgIpc) is 3.12. The molecule has 1 unspecified atom stereocenters. The highest BCUT2D eigenvalue weighted by molar-refractivity contribution is 7.99. The van der Waals surface area contributed by atoms with Gasteiger partial charge in [-0.25, -0.2) is 15.8 Å². The normalized spacial score (nSPS) is 23.1. The summed E-state index contributed by atoms with van der Waals surface area (Å²) in [4.78, 5) is 11.4. The number of nitrogen functional groups attached to an aromatic ring is 1. The molecule has 18 heavy (non-hydrogen) atoms. The van der Waals surface area contributed by atoms with Gasteiger partial charge in [-0.2, -0.15) is 11.8 Å². The molecule has 1 saturated heterocycles. The molecular weight excluding hydrogens is 246 g/mol. The van der Waals surface area contributed by atoms with E-state index in [0.29, 0.717) is 12.0 Å². The summed E-state index contributed by atoms with van der Waals surface area (Å²) < 4.78 is 0. The van der Waals surface area contributed by atoms with Crippen LogP contribution in [0, 0.1) is 0 Å². The van der Waals surface area contributed by atoms with E-state index in [1.807, 2.05) is 17.8 Å². The van der Waals surface area contributed by atoms with Gasteiger partial charge in [0.2, 0.25) is 0 Å². The third kappa shape index (κ3) is 2.40. The van der Waals surface area contributed by atoms with Gasteiger partial charge in [0.1, 0.15) is 17.5 Å². The lowest BCUT2D eigenvalue weighted by Gasteiger charge is -2.25. The molecule has 5 nitrogen and oxygen atoms in total. The summed E-state index contributed by atoms with van der Waals surface area (Å²) in [7, 11) is 2.12. The second-order valence-corrected chi connectivity index (χ2v) is 6.17. The van der Waals surface area contributed by atoms with E-state index >= 15 is 0 Å². The summed E-state index contributed by atoms with van der Waals surface area (Å²) in [6.45, 7) is 0. The van der Waals surface area contributed by atoms with Crippen molar-refractivity contribution < 1.29 is 0 Å². The molecule has 1 aliphatic carbocycles. The van der Waals surface area contributed by atoms with Crippen molar-refractivity contribution in [2.45, 2.75) is 31.2 Å². The van der Waals surface area contributed by atoms with Crippen molar-refractivity contribution in [3.8, 4) is 0 Å². The van der Waals surface area contributed by atoms with Crippen LogP contribution in [-0.4, -0.2) is 34.6 Å². The van der Waals surface area contributed by atoms with Gasteiger partial charge in [-0.1, -0.05) is 0 Å². The fourth-order valence-corrected chi connectivity index (χ4v) is 3.51. The smallest absolute Gasteiger partial charge is 0.145 e. The molecule has 3 N–H and O–H groups in total. The number of hydrogen-bond donors (Lipinski definition) is 2. The fourth-order valence-electron chi connectivity index (χ4n) is 2.25. The predicted octanol–water partition coefficient (Wildman–Crippen LogP) is 1.58. The minimum absolute atomic E-state index is 0.545. The molecule has 2 aliphatic rings. The van der Waals surface area contributed by atoms with Crippen molar-refractivity contribution in [2.24, 2.45) is 5.84 Å². The summed E-state index contributed by atoms with van der Waals surface area (Å²) in [5.74, 6) is 11.1. The number of aromatic nitrogens is 2. The van der Waals surface area contributed by atoms with Gasteiger partial charge in [0, 0.05) is 30.8 Å². The number of nitrogens with zero attached hydrogens (tertiary/aromatic N) is 3. The summed E-state index contributed by atoms with van der Waals surface area (Å²) >= 11 is 2.01. The van der Waals surface area contributed by atoms with Crippen LogP contribution in [-0.2, 0) is 0 Å². The Balaban J connectivity index is 1.86. The molecule has 0 amide bonds. The molecule has 1 aliphatic heterocycles. The molecule has 0 spiro atoms. The Morgan fingerprint density at radius 2 is 2.22 bits per heavy atom. The standard InChI is InChI=1S/C12H19N5S/c1-17(9-4-5-18-7-9)11-6-10(16-13)14-12(15-11)8-2-3-8/h6,8-9H,2-5,7,13H2,1H3,(H,14,15,16). The lowest BCUT2D eigenvalue weighted by molar-refractivity contribution is 0.687. The Morgan fingerprint density at radius 3 is 2.83 bits per heavy atom. The van der Waals surface area contributed by atoms with Gasteiger partial charge in [-0.15, -0.1) is 0 Å². The molecular formula is C12H19N5S. The van der Waals surface area contributed by atoms with Crippen LogP contribution in [0.4, 0.5) is 11.6 Å². The maximum atomic E-state index is 5.50. The Bertz CT molecular complexity index is 428. The quantitative estimate of drug-likeness (QED) is 0.636. The van der Waals surface area contributed by atoms with Gasteiger partial charge in [0.05, 0.1) is 0 Å². The van der Waals surface area contributed by atoms with E-state index in [2.05, 4.69) is 22.4 Å². The first-order valence-electron chi connectivity index (χ1n) is 6.44. The van der Waals surface area contributed by atoms with Crippen LogP contribution < -0.4 is 16.2 Å². The molecule has 6 heteroatoms. The first kappa shape index (κ1) is 12.0. The maximum Gasteiger partial charge on any atom is 0.145 e. The number of thioether (sulfide) groups is 1. The Morgan fingerprint density at radius 1 is 1.39 bits per heavy atom. The number of rotatable bonds is 4. The predicted molar refractivity (Wildman–Crippen MR) is 76.0 cm³/mol. The highest BCUT2D eigenvalue weighted by atomic mass is 32.2. The minimum atomic E-state index is 0.545. The van der Waals surface area contributed by atoms with Crippen molar-refractivity contribution in [3.05, 3.63) is 11.9 Å². The van der Waals surface area contributed by atoms with Crippen molar-refractivity contribution >= 4 is 23.4 Å². The van der Waals surface area contributed by atoms with E-state index in [4.69, 9.17) is 10.8 Å². The van der Waals surface area contributed by atoms with Crippen LogP contribution in [0.5, 0.6) is 0 Å². The number of nitrogens with one attached hydrogen (secondary N) is 1. The number of anilines is 2. The molecule has 1 aromatic rings. The van der Waals surface area contributed by atoms with Crippen molar-refractivity contribution in [1.82, 2.24) is 9.97 Å². The van der Waals surface area contributed by atoms with E-state index in [1.54, 1.807) is 0 Å². The average molecular weight is 265 g/mol. The topological polar surface area (TPSA) is 67.1 Å². The van der Waals surface area contributed by atoms with Crippen LogP contribution in [0.1, 0.15) is 31.0 Å². The van der Waals surface area contributed by atoms with E-state index in [-0.39, 0.29) is 0 Å². The van der Waals surface area contributed by atoms with E-state index in [9.17, 15) is 0 Å². The maximum absolute atomic E-state index is 5.50. The molecule has 3 rings (SSSR count). The van der Waals surface area contributed by atoms with Crippen LogP contribution in [0.25, 0.3) is 0 Å². The van der Waals surface area contributed by atoms with Crippen LogP contribution in [0.15, 0.2) is 6.07 Å². The molecule has 1 atom stereocenters. The van der Waals surface area contributed by atoms with Crippen LogP contribution in [0.3, 0.4) is 0 Å². The second-order valence-electron chi connectivity index (χ2n) is 5.02. The van der Waals surface area contributed by atoms with Crippen molar-refractivity contribution in [3.63, 3.8) is 0 Å². The Hall–Kier alpha value is -1.01. The summed E-state index contributed by atoms with van der Waals surface area (Å²) in [5, 5.41) is 0. The lowest BCUT2D eigenvalue weighted by atomic mass is 10.2. The number of nitrogens with two attached hydrogens (primary N) is 1. The fraction of sp³-hybridized carbons (Fsp3) is 0.667. The Kier molecular flexibility index (Phi) is 3.30. The monoisotopic (exact) mass is 265 g/mol. The van der Waals surface area contributed by atoms with Gasteiger partial charge < -0.3 is 10.3 Å². The van der Waals surface area contributed by atoms with E-state index < -0.39 is 0 Å². The van der Waals surface area contributed by atoms with E-state index in [1.165, 1.54) is 30.8 Å². The van der Waals surface area contributed by atoms with Gasteiger partial charge in [-0.05, 0) is 25.0 Å². The van der Waals surface area contributed by atoms with Gasteiger partial charge in [0.25, 0.3) is 0 Å². The summed E-state index contributed by atoms with van der Waals surface area (Å²) in [6.07, 6.45) is 3.64. The number of hydrazine groups is 1. The third-order valence-electron chi connectivity index (χ3n) is 3.64. The zero-order chi connectivity index (χ0) is 12.5. The lowest BCUT2D eigenvalue weighted by Crippen LogP contribution is -2.32. The van der Waals surface area contributed by atoms with Crippen LogP contribution >= 0.6 is 11.8 Å². The molecule has 2 fully saturated rings. The van der Waals surface area contributed by atoms with Crippen LogP contribution in [0.2, 0.25) is 0 Å². The number of hydrogen-bond acceptors (Lipinski definition) is 6. The molecule has 0 bridgehead atoms. The largest absolute Gasteiger partial charge is 0.356 e. The minimum Gasteiger partial charge on any atom is -0.356 e. The third-order valence-corrected chi connectivity index (χ3v) is 4.78. The highest BCUT2D eigenvalue weighted by Crippen LogP contribution is 2.39. The molecule has 1 aromatic heterocycles. The first-order chi connectivity index (χ1) is 8.78. The SMILES string of the molecule is CN(c1cc(NN)nc(C2CC2)n1)C1CCSC1. The molecule has 2 heterocycles. The van der Waals surface area contributed by atoms with Gasteiger partial charge in [-0.3, -0.25) is 0 Å². The van der Waals surface area contributed by atoms with Crippen molar-refractivity contribution in [1.29, 1.82) is 0 Å². The first-order valence-corrected chi connectivity index (χ1v) is 7.59. The van der Waals surface area contributed by atoms with E-state index in [0.717, 1.165) is 17.5 Å². The zero-order valence-corrected chi connectivity index (χ0v) is 11.4. The second kappa shape index (κ2) is 4.93. The molecule has 1 saturated carbocycles. The molecule has 0 radical (unpaired) electrons. The van der Waals surface area contributed by atoms with Gasteiger partial charge in [0.15, 0.2) is 0 Å². The molecule has 0 aromatic carbocycles. The van der Waals surface area contributed by atoms with Crippen molar-refractivity contribution in [2.75, 3.05) is 28.9 Å². The summed E-state index contributed by atoms with van der Waals surface area (Å²) in [6, 6.07) is 2.53. The zero-order valence-electron chi connectivity index (χ0n) is 10.6. The molecule has 98 valence electrons. The Labute approximate surface area is 112 Å². The summed E-state index contributed by atoms with van der Waals surface area (Å²) in [5.41, 5.74) is 2.65. The highest BCUT2D eigenvalue weighted by Gasteiger charge is 2.29.